The van der Waals surface area contributed by atoms with Crippen molar-refractivity contribution < 1.29 is 8.42 Å². The molecular weight excluding hydrogens is 282 g/mol. The molecule has 0 aromatic heterocycles. The van der Waals surface area contributed by atoms with Crippen LogP contribution >= 0.6 is 0 Å². The molecule has 1 atom stereocenters. The summed E-state index contributed by atoms with van der Waals surface area (Å²) in [6.45, 7) is 6.43. The molecule has 1 heterocycles. The van der Waals surface area contributed by atoms with E-state index in [0.717, 1.165) is 11.1 Å². The Labute approximate surface area is 126 Å². The van der Waals surface area contributed by atoms with E-state index in [9.17, 15) is 8.42 Å². The fraction of sp³-hybridized carbons (Fsp3) is 0.294. The summed E-state index contributed by atoms with van der Waals surface area (Å²) in [5.74, 6) is 0.0228. The molecule has 2 aromatic rings. The second-order valence-electron chi connectivity index (χ2n) is 6.53. The van der Waals surface area contributed by atoms with Crippen LogP contribution in [0.3, 0.4) is 0 Å². The molecule has 0 fully saturated rings. The molecule has 0 saturated carbocycles. The van der Waals surface area contributed by atoms with Crippen LogP contribution in [0, 0.1) is 5.41 Å². The standard InChI is InChI=1S/C17H19NO2S/c1-17(2,3)16-12-8-4-6-10-14(12)18-21(19,20)15-11-7-5-9-13(15)16/h4-11,16,18H,1-3H3. The summed E-state index contributed by atoms with van der Waals surface area (Å²) in [5.41, 5.74) is 2.47. The summed E-state index contributed by atoms with van der Waals surface area (Å²) < 4.78 is 28.0. The van der Waals surface area contributed by atoms with E-state index in [1.54, 1.807) is 12.1 Å². The van der Waals surface area contributed by atoms with E-state index < -0.39 is 10.0 Å². The van der Waals surface area contributed by atoms with Crippen LogP contribution in [0.5, 0.6) is 0 Å². The molecule has 0 amide bonds. The molecule has 3 rings (SSSR count). The summed E-state index contributed by atoms with van der Waals surface area (Å²) in [5, 5.41) is 0. The first-order valence-corrected chi connectivity index (χ1v) is 8.50. The van der Waals surface area contributed by atoms with Gasteiger partial charge >= 0.3 is 0 Å². The lowest BCUT2D eigenvalue weighted by Crippen LogP contribution is -2.20. The van der Waals surface area contributed by atoms with Crippen molar-refractivity contribution in [3.63, 3.8) is 0 Å². The van der Waals surface area contributed by atoms with Crippen molar-refractivity contribution >= 4 is 15.7 Å². The highest BCUT2D eigenvalue weighted by Gasteiger charge is 2.36. The lowest BCUT2D eigenvalue weighted by atomic mass is 9.72. The third-order valence-electron chi connectivity index (χ3n) is 3.90. The van der Waals surface area contributed by atoms with Gasteiger partial charge in [0.1, 0.15) is 0 Å². The average molecular weight is 301 g/mol. The summed E-state index contributed by atoms with van der Waals surface area (Å²) in [6.07, 6.45) is 0. The Morgan fingerprint density at radius 1 is 0.905 bits per heavy atom. The highest BCUT2D eigenvalue weighted by Crippen LogP contribution is 2.47. The first kappa shape index (κ1) is 14.1. The SMILES string of the molecule is CC(C)(C)C1c2ccccc2NS(=O)(=O)c2ccccc21. The van der Waals surface area contributed by atoms with Crippen molar-refractivity contribution in [2.75, 3.05) is 4.72 Å². The maximum atomic E-state index is 12.6. The van der Waals surface area contributed by atoms with E-state index in [1.165, 1.54) is 0 Å². The van der Waals surface area contributed by atoms with Gasteiger partial charge in [-0.3, -0.25) is 4.72 Å². The molecule has 1 aliphatic rings. The van der Waals surface area contributed by atoms with Gasteiger partial charge in [-0.15, -0.1) is 0 Å². The first-order chi connectivity index (χ1) is 9.81. The Kier molecular flexibility index (Phi) is 3.10. The van der Waals surface area contributed by atoms with Gasteiger partial charge in [-0.1, -0.05) is 57.2 Å². The molecule has 4 heteroatoms. The lowest BCUT2D eigenvalue weighted by molar-refractivity contribution is 0.356. The zero-order chi connectivity index (χ0) is 15.3. The number of hydrogen-bond donors (Lipinski definition) is 1. The molecule has 2 aromatic carbocycles. The Hall–Kier alpha value is -1.81. The second-order valence-corrected chi connectivity index (χ2v) is 8.18. The van der Waals surface area contributed by atoms with E-state index in [1.807, 2.05) is 36.4 Å². The minimum absolute atomic E-state index is 0.0228. The maximum Gasteiger partial charge on any atom is 0.262 e. The van der Waals surface area contributed by atoms with Gasteiger partial charge in [0.25, 0.3) is 10.0 Å². The number of sulfonamides is 1. The zero-order valence-electron chi connectivity index (χ0n) is 12.4. The fourth-order valence-corrected chi connectivity index (χ4v) is 4.44. The minimum atomic E-state index is -3.54. The van der Waals surface area contributed by atoms with Gasteiger partial charge in [0, 0.05) is 5.92 Å². The minimum Gasteiger partial charge on any atom is -0.279 e. The van der Waals surface area contributed by atoms with Crippen LogP contribution in [0.25, 0.3) is 0 Å². The second kappa shape index (κ2) is 4.60. The number of hydrogen-bond acceptors (Lipinski definition) is 2. The van der Waals surface area contributed by atoms with E-state index in [0.29, 0.717) is 10.6 Å². The Morgan fingerprint density at radius 3 is 2.14 bits per heavy atom. The highest BCUT2D eigenvalue weighted by molar-refractivity contribution is 7.92. The molecule has 3 nitrogen and oxygen atoms in total. The van der Waals surface area contributed by atoms with Gasteiger partial charge in [-0.2, -0.15) is 0 Å². The molecular formula is C17H19NO2S. The fourth-order valence-electron chi connectivity index (χ4n) is 3.11. The molecule has 0 aliphatic carbocycles. The quantitative estimate of drug-likeness (QED) is 0.800. The molecule has 110 valence electrons. The molecule has 0 saturated heterocycles. The molecule has 21 heavy (non-hydrogen) atoms. The van der Waals surface area contributed by atoms with Crippen molar-refractivity contribution in [3.05, 3.63) is 59.7 Å². The van der Waals surface area contributed by atoms with Crippen LogP contribution in [0.4, 0.5) is 5.69 Å². The topological polar surface area (TPSA) is 46.2 Å². The van der Waals surface area contributed by atoms with Crippen molar-refractivity contribution in [2.24, 2.45) is 5.41 Å². The van der Waals surface area contributed by atoms with Gasteiger partial charge in [0.2, 0.25) is 0 Å². The maximum absolute atomic E-state index is 12.6. The average Bonchev–Trinajstić information content (AvgIpc) is 2.49. The summed E-state index contributed by atoms with van der Waals surface area (Å²) in [7, 11) is -3.54. The van der Waals surface area contributed by atoms with Gasteiger partial charge in [-0.25, -0.2) is 8.42 Å². The number of rotatable bonds is 0. The Balaban J connectivity index is 2.40. The smallest absolute Gasteiger partial charge is 0.262 e. The number of nitrogens with one attached hydrogen (secondary N) is 1. The third kappa shape index (κ3) is 2.33. The highest BCUT2D eigenvalue weighted by atomic mass is 32.2. The normalized spacial score (nSPS) is 19.9. The monoisotopic (exact) mass is 301 g/mol. The number of fused-ring (bicyclic) bond motifs is 2. The van der Waals surface area contributed by atoms with Crippen LogP contribution in [0.15, 0.2) is 53.4 Å². The molecule has 0 bridgehead atoms. The molecule has 1 N–H and O–H groups in total. The lowest BCUT2D eigenvalue weighted by Gasteiger charge is -2.32. The van der Waals surface area contributed by atoms with Crippen LogP contribution in [0.2, 0.25) is 0 Å². The summed E-state index contributed by atoms with van der Waals surface area (Å²) in [6, 6.07) is 14.9. The van der Waals surface area contributed by atoms with Crippen LogP contribution < -0.4 is 4.72 Å². The molecule has 1 aliphatic heterocycles. The van der Waals surface area contributed by atoms with Crippen LogP contribution in [-0.4, -0.2) is 8.42 Å². The zero-order valence-corrected chi connectivity index (χ0v) is 13.2. The van der Waals surface area contributed by atoms with E-state index in [-0.39, 0.29) is 11.3 Å². The predicted octanol–water partition coefficient (Wildman–Crippen LogP) is 3.98. The Bertz CT molecular complexity index is 788. The summed E-state index contributed by atoms with van der Waals surface area (Å²) in [4.78, 5) is 0.376. The third-order valence-corrected chi connectivity index (χ3v) is 5.34. The van der Waals surface area contributed by atoms with Gasteiger partial charge in [0.05, 0.1) is 10.6 Å². The van der Waals surface area contributed by atoms with E-state index in [4.69, 9.17) is 0 Å². The van der Waals surface area contributed by atoms with Crippen molar-refractivity contribution in [1.29, 1.82) is 0 Å². The van der Waals surface area contributed by atoms with Gasteiger partial charge in [-0.05, 0) is 28.7 Å². The van der Waals surface area contributed by atoms with Crippen molar-refractivity contribution in [3.8, 4) is 0 Å². The van der Waals surface area contributed by atoms with E-state index >= 15 is 0 Å². The molecule has 0 spiro atoms. The largest absolute Gasteiger partial charge is 0.279 e. The van der Waals surface area contributed by atoms with E-state index in [2.05, 4.69) is 25.5 Å². The molecule has 0 radical (unpaired) electrons. The van der Waals surface area contributed by atoms with Gasteiger partial charge < -0.3 is 0 Å². The van der Waals surface area contributed by atoms with Crippen molar-refractivity contribution in [1.82, 2.24) is 0 Å². The van der Waals surface area contributed by atoms with Crippen molar-refractivity contribution in [2.45, 2.75) is 31.6 Å². The van der Waals surface area contributed by atoms with Crippen LogP contribution in [-0.2, 0) is 10.0 Å². The van der Waals surface area contributed by atoms with Gasteiger partial charge in [0.15, 0.2) is 0 Å². The predicted molar refractivity (Wildman–Crippen MR) is 85.0 cm³/mol. The van der Waals surface area contributed by atoms with Crippen LogP contribution in [0.1, 0.15) is 37.8 Å². The number of para-hydroxylation sites is 1. The molecule has 1 unspecified atom stereocenters. The number of anilines is 1. The number of benzene rings is 2. The Morgan fingerprint density at radius 2 is 1.48 bits per heavy atom. The first-order valence-electron chi connectivity index (χ1n) is 7.01. The summed E-state index contributed by atoms with van der Waals surface area (Å²) >= 11 is 0.